The van der Waals surface area contributed by atoms with Crippen LogP contribution in [-0.4, -0.2) is 22.1 Å². The zero-order valence-electron chi connectivity index (χ0n) is 14.6. The first kappa shape index (κ1) is 17.9. The molecule has 1 aliphatic heterocycles. The fraction of sp³-hybridized carbons (Fsp3) is 0.211. The van der Waals surface area contributed by atoms with E-state index in [2.05, 4.69) is 23.0 Å². The third-order valence-electron chi connectivity index (χ3n) is 4.35. The number of hydrogen-bond donors (Lipinski definition) is 3. The Hall–Kier alpha value is -2.93. The lowest BCUT2D eigenvalue weighted by Gasteiger charge is -2.22. The zero-order valence-corrected chi connectivity index (χ0v) is 15.4. The molecule has 2 aromatic rings. The van der Waals surface area contributed by atoms with Gasteiger partial charge in [-0.1, -0.05) is 49.4 Å². The average Bonchev–Trinajstić information content (AvgIpc) is 2.87. The van der Waals surface area contributed by atoms with Gasteiger partial charge in [-0.3, -0.25) is 10.2 Å². The molecule has 3 N–H and O–H groups in total. The number of rotatable bonds is 4. The number of imide groups is 1. The molecule has 1 atom stereocenters. The Bertz CT molecular complexity index is 856. The van der Waals surface area contributed by atoms with Crippen LogP contribution in [0.3, 0.4) is 0 Å². The Balaban J connectivity index is 1.72. The van der Waals surface area contributed by atoms with Gasteiger partial charge in [0.2, 0.25) is 0 Å². The molecule has 0 aliphatic carbocycles. The predicted octanol–water partition coefficient (Wildman–Crippen LogP) is 2.92. The summed E-state index contributed by atoms with van der Waals surface area (Å²) in [6, 6.07) is 16.3. The van der Waals surface area contributed by atoms with Crippen LogP contribution in [-0.2, 0) is 16.8 Å². The second-order valence-corrected chi connectivity index (χ2v) is 6.59. The molecule has 1 heterocycles. The van der Waals surface area contributed by atoms with Crippen molar-refractivity contribution in [2.24, 2.45) is 0 Å². The van der Waals surface area contributed by atoms with E-state index in [1.54, 1.807) is 19.1 Å². The second-order valence-electron chi connectivity index (χ2n) is 6.18. The summed E-state index contributed by atoms with van der Waals surface area (Å²) in [6.45, 7) is 3.73. The summed E-state index contributed by atoms with van der Waals surface area (Å²) < 4.78 is 0. The van der Waals surface area contributed by atoms with Crippen LogP contribution in [0.1, 0.15) is 25.0 Å². The minimum absolute atomic E-state index is 0.166. The van der Waals surface area contributed by atoms with Crippen molar-refractivity contribution in [3.05, 3.63) is 65.7 Å². The summed E-state index contributed by atoms with van der Waals surface area (Å²) >= 11 is 5.25. The van der Waals surface area contributed by atoms with E-state index >= 15 is 0 Å². The van der Waals surface area contributed by atoms with Gasteiger partial charge in [-0.15, -0.1) is 0 Å². The molecule has 0 aromatic heterocycles. The fourth-order valence-corrected chi connectivity index (χ4v) is 3.05. The van der Waals surface area contributed by atoms with E-state index in [0.29, 0.717) is 5.56 Å². The number of urea groups is 1. The van der Waals surface area contributed by atoms with Gasteiger partial charge in [0.05, 0.1) is 0 Å². The van der Waals surface area contributed by atoms with Crippen LogP contribution in [0.4, 0.5) is 10.5 Å². The van der Waals surface area contributed by atoms with Crippen molar-refractivity contribution in [3.63, 3.8) is 0 Å². The SMILES string of the molecule is CCc1cccc(NC(=S)NN2C(=O)N[C@](C)(c3ccccc3)C2=O)c1. The van der Waals surface area contributed by atoms with Gasteiger partial charge < -0.3 is 10.6 Å². The molecule has 26 heavy (non-hydrogen) atoms. The molecular weight excluding hydrogens is 348 g/mol. The van der Waals surface area contributed by atoms with Gasteiger partial charge in [0, 0.05) is 5.69 Å². The summed E-state index contributed by atoms with van der Waals surface area (Å²) in [6.07, 6.45) is 0.901. The number of nitrogens with zero attached hydrogens (tertiary/aromatic N) is 1. The van der Waals surface area contributed by atoms with Crippen molar-refractivity contribution in [3.8, 4) is 0 Å². The minimum atomic E-state index is -1.14. The molecule has 0 saturated carbocycles. The Morgan fingerprint density at radius 1 is 1.15 bits per heavy atom. The van der Waals surface area contributed by atoms with E-state index in [9.17, 15) is 9.59 Å². The summed E-state index contributed by atoms with van der Waals surface area (Å²) in [5.41, 5.74) is 4.20. The van der Waals surface area contributed by atoms with E-state index in [1.165, 1.54) is 0 Å². The predicted molar refractivity (Wildman–Crippen MR) is 104 cm³/mol. The molecular formula is C19H20N4O2S. The van der Waals surface area contributed by atoms with Crippen LogP contribution in [0.2, 0.25) is 0 Å². The average molecular weight is 368 g/mol. The molecule has 1 aliphatic rings. The molecule has 0 unspecified atom stereocenters. The first-order chi connectivity index (χ1) is 12.4. The summed E-state index contributed by atoms with van der Waals surface area (Å²) in [7, 11) is 0. The highest BCUT2D eigenvalue weighted by molar-refractivity contribution is 7.80. The lowest BCUT2D eigenvalue weighted by molar-refractivity contribution is -0.132. The topological polar surface area (TPSA) is 73.5 Å². The first-order valence-corrected chi connectivity index (χ1v) is 8.73. The second kappa shape index (κ2) is 7.13. The number of benzene rings is 2. The number of thiocarbonyl (C=S) groups is 1. The number of carbonyl (C=O) groups is 2. The van der Waals surface area contributed by atoms with E-state index in [0.717, 1.165) is 22.7 Å². The van der Waals surface area contributed by atoms with E-state index in [1.807, 2.05) is 42.5 Å². The molecule has 6 nitrogen and oxygen atoms in total. The Labute approximate surface area is 157 Å². The lowest BCUT2D eigenvalue weighted by Crippen LogP contribution is -2.49. The summed E-state index contributed by atoms with van der Waals surface area (Å²) in [5, 5.41) is 6.79. The minimum Gasteiger partial charge on any atom is -0.331 e. The molecule has 0 bridgehead atoms. The summed E-state index contributed by atoms with van der Waals surface area (Å²) in [5.74, 6) is -0.417. The third-order valence-corrected chi connectivity index (χ3v) is 4.54. The van der Waals surface area contributed by atoms with Crippen LogP contribution in [0.25, 0.3) is 0 Å². The smallest absolute Gasteiger partial charge is 0.331 e. The maximum Gasteiger partial charge on any atom is 0.344 e. The van der Waals surface area contributed by atoms with Crippen LogP contribution >= 0.6 is 12.2 Å². The van der Waals surface area contributed by atoms with Crippen LogP contribution in [0, 0.1) is 0 Å². The number of hydrogen-bond acceptors (Lipinski definition) is 3. The normalized spacial score (nSPS) is 19.2. The molecule has 3 rings (SSSR count). The van der Waals surface area contributed by atoms with Gasteiger partial charge in [-0.2, -0.15) is 5.01 Å². The van der Waals surface area contributed by atoms with Crippen LogP contribution < -0.4 is 16.1 Å². The Kier molecular flexibility index (Phi) is 4.90. The molecule has 3 amide bonds. The van der Waals surface area contributed by atoms with Crippen molar-refractivity contribution in [2.45, 2.75) is 25.8 Å². The molecule has 2 aromatic carbocycles. The number of nitrogens with one attached hydrogen (secondary N) is 3. The molecule has 0 radical (unpaired) electrons. The van der Waals surface area contributed by atoms with E-state index in [4.69, 9.17) is 12.2 Å². The van der Waals surface area contributed by atoms with Crippen LogP contribution in [0.5, 0.6) is 0 Å². The number of aryl methyl sites for hydroxylation is 1. The zero-order chi connectivity index (χ0) is 18.7. The van der Waals surface area contributed by atoms with Crippen molar-refractivity contribution in [1.29, 1.82) is 0 Å². The lowest BCUT2D eigenvalue weighted by atomic mass is 9.92. The number of amides is 3. The van der Waals surface area contributed by atoms with Gasteiger partial charge in [-0.25, -0.2) is 4.79 Å². The van der Waals surface area contributed by atoms with Crippen LogP contribution in [0.15, 0.2) is 54.6 Å². The molecule has 0 spiro atoms. The van der Waals surface area contributed by atoms with Gasteiger partial charge in [0.15, 0.2) is 5.11 Å². The van der Waals surface area contributed by atoms with Crippen molar-refractivity contribution in [1.82, 2.24) is 15.8 Å². The first-order valence-electron chi connectivity index (χ1n) is 8.33. The highest BCUT2D eigenvalue weighted by atomic mass is 32.1. The van der Waals surface area contributed by atoms with E-state index in [-0.39, 0.29) is 5.11 Å². The molecule has 1 saturated heterocycles. The number of hydrazine groups is 1. The van der Waals surface area contributed by atoms with Crippen molar-refractivity contribution in [2.75, 3.05) is 5.32 Å². The fourth-order valence-electron chi connectivity index (χ4n) is 2.84. The van der Waals surface area contributed by atoms with Gasteiger partial charge in [-0.05, 0) is 48.8 Å². The monoisotopic (exact) mass is 368 g/mol. The molecule has 7 heteroatoms. The maximum absolute atomic E-state index is 12.8. The Morgan fingerprint density at radius 3 is 2.58 bits per heavy atom. The summed E-state index contributed by atoms with van der Waals surface area (Å²) in [4.78, 5) is 25.1. The highest BCUT2D eigenvalue weighted by Crippen LogP contribution is 2.27. The quantitative estimate of drug-likeness (QED) is 0.572. The molecule has 134 valence electrons. The van der Waals surface area contributed by atoms with Crippen molar-refractivity contribution >= 4 is 35.0 Å². The number of anilines is 1. The van der Waals surface area contributed by atoms with Gasteiger partial charge >= 0.3 is 6.03 Å². The standard InChI is InChI=1S/C19H20N4O2S/c1-3-13-8-7-11-15(12-13)20-17(26)22-23-16(24)19(2,21-18(23)25)14-9-5-4-6-10-14/h4-12H,3H2,1-2H3,(H,21,25)(H2,20,22,26)/t19-/m1/s1. The van der Waals surface area contributed by atoms with Gasteiger partial charge in [0.1, 0.15) is 5.54 Å². The van der Waals surface area contributed by atoms with Crippen molar-refractivity contribution < 1.29 is 9.59 Å². The maximum atomic E-state index is 12.8. The number of carbonyl (C=O) groups excluding carboxylic acids is 2. The third kappa shape index (κ3) is 3.39. The molecule has 1 fully saturated rings. The van der Waals surface area contributed by atoms with E-state index < -0.39 is 17.5 Å². The largest absolute Gasteiger partial charge is 0.344 e. The highest BCUT2D eigenvalue weighted by Gasteiger charge is 2.49. The Morgan fingerprint density at radius 2 is 1.88 bits per heavy atom. The van der Waals surface area contributed by atoms with Gasteiger partial charge in [0.25, 0.3) is 5.91 Å².